The minimum atomic E-state index is 0.537. The Balaban J connectivity index is 2.52. The molecule has 2 aromatic heterocycles. The average Bonchev–Trinajstić information content (AvgIpc) is 2.51. The first-order valence-electron chi connectivity index (χ1n) is 4.41. The van der Waals surface area contributed by atoms with Gasteiger partial charge in [-0.25, -0.2) is 9.67 Å². The molecule has 0 saturated heterocycles. The maximum Gasteiger partial charge on any atom is 0.123 e. The van der Waals surface area contributed by atoms with E-state index in [0.717, 1.165) is 16.9 Å². The lowest BCUT2D eigenvalue weighted by Gasteiger charge is -2.04. The van der Waals surface area contributed by atoms with Gasteiger partial charge in [0.2, 0.25) is 0 Å². The largest absolute Gasteiger partial charge is 0.384 e. The molecule has 0 radical (unpaired) electrons. The highest BCUT2D eigenvalue weighted by Gasteiger charge is 2.03. The normalized spacial score (nSPS) is 10.4. The molecule has 4 nitrogen and oxygen atoms in total. The molecule has 14 heavy (non-hydrogen) atoms. The van der Waals surface area contributed by atoms with Gasteiger partial charge in [-0.3, -0.25) is 0 Å². The Morgan fingerprint density at radius 1 is 1.29 bits per heavy atom. The predicted molar refractivity (Wildman–Crippen MR) is 55.2 cm³/mol. The number of nitrogens with zero attached hydrogens (tertiary/aromatic N) is 3. The van der Waals surface area contributed by atoms with E-state index in [2.05, 4.69) is 10.1 Å². The van der Waals surface area contributed by atoms with Crippen LogP contribution in [-0.2, 0) is 0 Å². The van der Waals surface area contributed by atoms with Crippen molar-refractivity contribution in [1.82, 2.24) is 14.8 Å². The Kier molecular flexibility index (Phi) is 1.96. The Morgan fingerprint density at radius 2 is 2.07 bits per heavy atom. The van der Waals surface area contributed by atoms with Crippen molar-refractivity contribution in [2.24, 2.45) is 0 Å². The molecule has 0 atom stereocenters. The van der Waals surface area contributed by atoms with Crippen LogP contribution in [0.5, 0.6) is 0 Å². The van der Waals surface area contributed by atoms with Crippen molar-refractivity contribution in [2.75, 3.05) is 5.73 Å². The molecule has 0 bridgehead atoms. The van der Waals surface area contributed by atoms with Crippen molar-refractivity contribution in [2.45, 2.75) is 13.8 Å². The molecule has 0 aromatic carbocycles. The van der Waals surface area contributed by atoms with Gasteiger partial charge in [0.15, 0.2) is 0 Å². The molecule has 0 fully saturated rings. The molecule has 4 heteroatoms. The summed E-state index contributed by atoms with van der Waals surface area (Å²) in [6, 6.07) is 3.70. The van der Waals surface area contributed by atoms with Crippen molar-refractivity contribution < 1.29 is 0 Å². The average molecular weight is 188 g/mol. The fraction of sp³-hybridized carbons (Fsp3) is 0.200. The Labute approximate surface area is 82.4 Å². The summed E-state index contributed by atoms with van der Waals surface area (Å²) in [5.74, 6) is 0.537. The number of rotatable bonds is 1. The van der Waals surface area contributed by atoms with Gasteiger partial charge >= 0.3 is 0 Å². The van der Waals surface area contributed by atoms with Crippen LogP contribution in [-0.4, -0.2) is 14.8 Å². The Morgan fingerprint density at radius 3 is 2.64 bits per heavy atom. The van der Waals surface area contributed by atoms with Crippen LogP contribution in [0.1, 0.15) is 11.3 Å². The fourth-order valence-electron chi connectivity index (χ4n) is 1.36. The molecule has 0 saturated carbocycles. The third-order valence-corrected chi connectivity index (χ3v) is 2.04. The van der Waals surface area contributed by atoms with E-state index in [1.165, 1.54) is 0 Å². The number of aryl methyl sites for hydroxylation is 2. The first kappa shape index (κ1) is 8.74. The van der Waals surface area contributed by atoms with Gasteiger partial charge in [-0.15, -0.1) is 0 Å². The van der Waals surface area contributed by atoms with Crippen molar-refractivity contribution in [3.63, 3.8) is 0 Å². The Hall–Kier alpha value is -1.84. The number of pyridine rings is 1. The van der Waals surface area contributed by atoms with Gasteiger partial charge in [-0.05, 0) is 31.5 Å². The van der Waals surface area contributed by atoms with E-state index in [4.69, 9.17) is 5.73 Å². The summed E-state index contributed by atoms with van der Waals surface area (Å²) in [5.41, 5.74) is 8.54. The van der Waals surface area contributed by atoms with E-state index in [0.29, 0.717) is 5.82 Å². The molecule has 0 aliphatic rings. The summed E-state index contributed by atoms with van der Waals surface area (Å²) >= 11 is 0. The molecule has 2 heterocycles. The molecule has 0 aliphatic carbocycles. The lowest BCUT2D eigenvalue weighted by Crippen LogP contribution is -2.01. The van der Waals surface area contributed by atoms with E-state index < -0.39 is 0 Å². The van der Waals surface area contributed by atoms with Crippen LogP contribution in [0.4, 0.5) is 5.82 Å². The third kappa shape index (κ3) is 1.46. The van der Waals surface area contributed by atoms with E-state index in [1.54, 1.807) is 10.7 Å². The minimum Gasteiger partial charge on any atom is -0.384 e. The molecular weight excluding hydrogens is 176 g/mol. The fourth-order valence-corrected chi connectivity index (χ4v) is 1.36. The van der Waals surface area contributed by atoms with Gasteiger partial charge in [-0.1, -0.05) is 0 Å². The van der Waals surface area contributed by atoms with E-state index in [1.807, 2.05) is 32.3 Å². The van der Waals surface area contributed by atoms with Crippen LogP contribution < -0.4 is 5.73 Å². The number of hydrogen-bond acceptors (Lipinski definition) is 3. The molecule has 0 spiro atoms. The monoisotopic (exact) mass is 188 g/mol. The van der Waals surface area contributed by atoms with Gasteiger partial charge in [0, 0.05) is 6.20 Å². The van der Waals surface area contributed by atoms with Crippen molar-refractivity contribution in [3.05, 3.63) is 35.8 Å². The van der Waals surface area contributed by atoms with Crippen molar-refractivity contribution in [1.29, 1.82) is 0 Å². The Bertz CT molecular complexity index is 459. The van der Waals surface area contributed by atoms with Crippen LogP contribution in [0.3, 0.4) is 0 Å². The van der Waals surface area contributed by atoms with Crippen LogP contribution >= 0.6 is 0 Å². The van der Waals surface area contributed by atoms with Gasteiger partial charge in [0.25, 0.3) is 0 Å². The highest BCUT2D eigenvalue weighted by Crippen LogP contribution is 2.13. The molecule has 2 rings (SSSR count). The summed E-state index contributed by atoms with van der Waals surface area (Å²) in [6.07, 6.45) is 3.77. The minimum absolute atomic E-state index is 0.537. The van der Waals surface area contributed by atoms with Crippen LogP contribution in [0, 0.1) is 13.8 Å². The van der Waals surface area contributed by atoms with Gasteiger partial charge in [-0.2, -0.15) is 5.10 Å². The summed E-state index contributed by atoms with van der Waals surface area (Å²) < 4.78 is 1.80. The van der Waals surface area contributed by atoms with E-state index in [-0.39, 0.29) is 0 Å². The van der Waals surface area contributed by atoms with Crippen molar-refractivity contribution in [3.8, 4) is 5.69 Å². The highest BCUT2D eigenvalue weighted by molar-refractivity contribution is 5.42. The summed E-state index contributed by atoms with van der Waals surface area (Å²) in [6.45, 7) is 3.92. The molecule has 0 amide bonds. The number of hydrogen-bond donors (Lipinski definition) is 1. The van der Waals surface area contributed by atoms with Crippen LogP contribution in [0.25, 0.3) is 5.69 Å². The maximum absolute atomic E-state index is 5.57. The van der Waals surface area contributed by atoms with Crippen molar-refractivity contribution >= 4 is 5.82 Å². The molecule has 2 aromatic rings. The number of nitrogens with two attached hydrogens (primary N) is 1. The number of anilines is 1. The summed E-state index contributed by atoms with van der Waals surface area (Å²) in [7, 11) is 0. The zero-order valence-corrected chi connectivity index (χ0v) is 8.23. The summed E-state index contributed by atoms with van der Waals surface area (Å²) in [4.78, 5) is 4.18. The zero-order chi connectivity index (χ0) is 10.1. The molecule has 2 N–H and O–H groups in total. The SMILES string of the molecule is Cc1cnn(-c2ccc(N)nc2C)c1. The quantitative estimate of drug-likeness (QED) is 0.737. The molecule has 0 aliphatic heterocycles. The van der Waals surface area contributed by atoms with Gasteiger partial charge < -0.3 is 5.73 Å². The molecule has 72 valence electrons. The molecular formula is C10H12N4. The molecule has 0 unspecified atom stereocenters. The lowest BCUT2D eigenvalue weighted by molar-refractivity contribution is 0.862. The third-order valence-electron chi connectivity index (χ3n) is 2.04. The van der Waals surface area contributed by atoms with Crippen LogP contribution in [0.2, 0.25) is 0 Å². The van der Waals surface area contributed by atoms with E-state index >= 15 is 0 Å². The second kappa shape index (κ2) is 3.14. The highest BCUT2D eigenvalue weighted by atomic mass is 15.3. The topological polar surface area (TPSA) is 56.7 Å². The maximum atomic E-state index is 5.57. The predicted octanol–water partition coefficient (Wildman–Crippen LogP) is 1.47. The second-order valence-corrected chi connectivity index (χ2v) is 3.30. The van der Waals surface area contributed by atoms with Crippen LogP contribution in [0.15, 0.2) is 24.5 Å². The standard InChI is InChI=1S/C10H12N4/c1-7-5-12-14(6-7)9-3-4-10(11)13-8(9)2/h3-6H,1-2H3,(H2,11,13). The summed E-state index contributed by atoms with van der Waals surface area (Å²) in [5, 5.41) is 4.21. The number of aromatic nitrogens is 3. The van der Waals surface area contributed by atoms with E-state index in [9.17, 15) is 0 Å². The van der Waals surface area contributed by atoms with Gasteiger partial charge in [0.05, 0.1) is 17.6 Å². The first-order valence-corrected chi connectivity index (χ1v) is 4.41. The lowest BCUT2D eigenvalue weighted by atomic mass is 10.3. The second-order valence-electron chi connectivity index (χ2n) is 3.30. The zero-order valence-electron chi connectivity index (χ0n) is 8.23. The van der Waals surface area contributed by atoms with Gasteiger partial charge in [0.1, 0.15) is 5.82 Å². The number of nitrogen functional groups attached to an aromatic ring is 1. The first-order chi connectivity index (χ1) is 6.66. The smallest absolute Gasteiger partial charge is 0.123 e.